The Balaban J connectivity index is 2.07. The lowest BCUT2D eigenvalue weighted by molar-refractivity contribution is 0.229. The van der Waals surface area contributed by atoms with Gasteiger partial charge in [0.05, 0.1) is 0 Å². The third kappa shape index (κ3) is 2.55. The van der Waals surface area contributed by atoms with Gasteiger partial charge >= 0.3 is 6.03 Å². The van der Waals surface area contributed by atoms with Gasteiger partial charge in [-0.15, -0.1) is 0 Å². The van der Waals surface area contributed by atoms with Crippen LogP contribution >= 0.6 is 12.8 Å². The van der Waals surface area contributed by atoms with Crippen LogP contribution in [0.4, 0.5) is 4.79 Å². The molecule has 0 bridgehead atoms. The van der Waals surface area contributed by atoms with Crippen LogP contribution in [0.15, 0.2) is 30.5 Å². The van der Waals surface area contributed by atoms with Gasteiger partial charge in [0.1, 0.15) is 0 Å². The Labute approximate surface area is 106 Å². The Kier molecular flexibility index (Phi) is 3.58. The third-order valence-corrected chi connectivity index (χ3v) is 3.10. The fourth-order valence-corrected chi connectivity index (χ4v) is 2.00. The first-order chi connectivity index (χ1) is 8.22. The summed E-state index contributed by atoms with van der Waals surface area (Å²) in [5.41, 5.74) is 2.32. The Morgan fingerprint density at radius 2 is 2.24 bits per heavy atom. The third-order valence-electron chi connectivity index (χ3n) is 2.72. The summed E-state index contributed by atoms with van der Waals surface area (Å²) >= 11 is 4.12. The molecular weight excluding hydrogens is 234 g/mol. The van der Waals surface area contributed by atoms with Crippen molar-refractivity contribution in [3.05, 3.63) is 36.0 Å². The van der Waals surface area contributed by atoms with E-state index >= 15 is 0 Å². The fraction of sp³-hybridized carbons (Fsp3) is 0.250. The maximum absolute atomic E-state index is 11.3. The minimum absolute atomic E-state index is 0.187. The normalized spacial score (nSPS) is 10.5. The largest absolute Gasteiger partial charge is 0.361 e. The topological polar surface area (TPSA) is 48.1 Å². The minimum atomic E-state index is -0.187. The first-order valence-electron chi connectivity index (χ1n) is 5.45. The Morgan fingerprint density at radius 1 is 1.47 bits per heavy atom. The van der Waals surface area contributed by atoms with Crippen LogP contribution in [0, 0.1) is 0 Å². The maximum atomic E-state index is 11.3. The molecule has 2 rings (SSSR count). The summed E-state index contributed by atoms with van der Waals surface area (Å²) in [5.74, 6) is 0. The van der Waals surface area contributed by atoms with E-state index in [4.69, 9.17) is 0 Å². The van der Waals surface area contributed by atoms with Crippen molar-refractivity contribution in [2.75, 3.05) is 13.6 Å². The van der Waals surface area contributed by atoms with E-state index in [-0.39, 0.29) is 6.03 Å². The predicted octanol–water partition coefficient (Wildman–Crippen LogP) is 2.20. The maximum Gasteiger partial charge on any atom is 0.326 e. The van der Waals surface area contributed by atoms with Crippen molar-refractivity contribution in [1.82, 2.24) is 14.6 Å². The van der Waals surface area contributed by atoms with Crippen LogP contribution in [0.1, 0.15) is 5.56 Å². The van der Waals surface area contributed by atoms with Gasteiger partial charge in [0.15, 0.2) is 0 Å². The summed E-state index contributed by atoms with van der Waals surface area (Å²) in [5, 5.41) is 3.73. The number of aromatic amines is 1. The van der Waals surface area contributed by atoms with E-state index in [0.29, 0.717) is 6.54 Å². The first kappa shape index (κ1) is 11.9. The summed E-state index contributed by atoms with van der Waals surface area (Å²) in [4.78, 5) is 14.5. The number of nitrogens with one attached hydrogen (secondary N) is 2. The van der Waals surface area contributed by atoms with Crippen molar-refractivity contribution < 1.29 is 4.79 Å². The number of nitrogens with zero attached hydrogens (tertiary/aromatic N) is 1. The van der Waals surface area contributed by atoms with E-state index in [1.165, 1.54) is 15.3 Å². The molecule has 0 spiro atoms. The average Bonchev–Trinajstić information content (AvgIpc) is 2.78. The number of hydrogen-bond donors (Lipinski definition) is 3. The van der Waals surface area contributed by atoms with Crippen LogP contribution in [0.5, 0.6) is 0 Å². The fourth-order valence-electron chi connectivity index (χ4n) is 1.80. The number of hydrogen-bond acceptors (Lipinski definition) is 2. The highest BCUT2D eigenvalue weighted by Crippen LogP contribution is 2.18. The number of carbonyl (C=O) groups is 1. The lowest BCUT2D eigenvalue weighted by Crippen LogP contribution is -2.32. The number of carbonyl (C=O) groups excluding carboxylic acids is 1. The van der Waals surface area contributed by atoms with Crippen molar-refractivity contribution in [1.29, 1.82) is 0 Å². The lowest BCUT2D eigenvalue weighted by atomic mass is 10.1. The summed E-state index contributed by atoms with van der Waals surface area (Å²) in [6.07, 6.45) is 2.76. The molecule has 0 aliphatic heterocycles. The zero-order chi connectivity index (χ0) is 12.3. The standard InChI is InChI=1S/C12H15N3OS/c1-13-12(16)15(17)7-6-9-8-14-11-5-3-2-4-10(9)11/h2-5,8,14,17H,6-7H2,1H3,(H,13,16). The van der Waals surface area contributed by atoms with Crippen LogP contribution in [-0.2, 0) is 6.42 Å². The Hall–Kier alpha value is -1.62. The van der Waals surface area contributed by atoms with E-state index < -0.39 is 0 Å². The van der Waals surface area contributed by atoms with Gasteiger partial charge in [-0.1, -0.05) is 31.0 Å². The molecule has 1 aromatic heterocycles. The number of thiol groups is 1. The number of aromatic nitrogens is 1. The van der Waals surface area contributed by atoms with E-state index in [1.807, 2.05) is 24.4 Å². The first-order valence-corrected chi connectivity index (χ1v) is 5.85. The van der Waals surface area contributed by atoms with Gasteiger partial charge in [0.2, 0.25) is 0 Å². The lowest BCUT2D eigenvalue weighted by Gasteiger charge is -2.14. The predicted molar refractivity (Wildman–Crippen MR) is 72.2 cm³/mol. The number of urea groups is 1. The second kappa shape index (κ2) is 5.14. The molecule has 0 aliphatic rings. The monoisotopic (exact) mass is 249 g/mol. The molecule has 0 saturated carbocycles. The van der Waals surface area contributed by atoms with E-state index in [2.05, 4.69) is 29.2 Å². The molecule has 0 radical (unpaired) electrons. The van der Waals surface area contributed by atoms with Crippen LogP contribution < -0.4 is 5.32 Å². The van der Waals surface area contributed by atoms with Gasteiger partial charge in [-0.3, -0.25) is 4.31 Å². The van der Waals surface area contributed by atoms with E-state index in [9.17, 15) is 4.79 Å². The number of amides is 2. The van der Waals surface area contributed by atoms with Gasteiger partial charge in [-0.25, -0.2) is 4.79 Å². The number of rotatable bonds is 3. The van der Waals surface area contributed by atoms with Crippen molar-refractivity contribution >= 4 is 29.7 Å². The minimum Gasteiger partial charge on any atom is -0.361 e. The molecule has 0 unspecified atom stereocenters. The number of H-pyrrole nitrogens is 1. The second-order valence-corrected chi connectivity index (χ2v) is 4.27. The molecule has 90 valence electrons. The molecule has 0 aliphatic carbocycles. The van der Waals surface area contributed by atoms with Crippen molar-refractivity contribution in [2.24, 2.45) is 0 Å². The molecule has 0 fully saturated rings. The molecule has 2 amide bonds. The summed E-state index contributed by atoms with van der Waals surface area (Å²) in [6.45, 7) is 0.574. The van der Waals surface area contributed by atoms with Crippen LogP contribution in [0.3, 0.4) is 0 Å². The molecule has 1 aromatic carbocycles. The zero-order valence-electron chi connectivity index (χ0n) is 9.60. The SMILES string of the molecule is CNC(=O)N(S)CCc1c[nH]c2ccccc12. The number of para-hydroxylation sites is 1. The summed E-state index contributed by atoms with van der Waals surface area (Å²) < 4.78 is 1.38. The number of fused-ring (bicyclic) bond motifs is 1. The molecule has 5 heteroatoms. The molecule has 1 heterocycles. The van der Waals surface area contributed by atoms with Gasteiger partial charge in [-0.05, 0) is 18.1 Å². The zero-order valence-corrected chi connectivity index (χ0v) is 10.5. The smallest absolute Gasteiger partial charge is 0.326 e. The highest BCUT2D eigenvalue weighted by Gasteiger charge is 2.08. The summed E-state index contributed by atoms with van der Waals surface area (Å²) in [7, 11) is 1.59. The molecule has 0 saturated heterocycles. The van der Waals surface area contributed by atoms with Gasteiger partial charge in [0, 0.05) is 30.7 Å². The average molecular weight is 249 g/mol. The van der Waals surface area contributed by atoms with E-state index in [1.54, 1.807) is 7.05 Å². The van der Waals surface area contributed by atoms with Crippen molar-refractivity contribution in [3.63, 3.8) is 0 Å². The highest BCUT2D eigenvalue weighted by molar-refractivity contribution is 7.78. The van der Waals surface area contributed by atoms with Crippen LogP contribution in [0.2, 0.25) is 0 Å². The highest BCUT2D eigenvalue weighted by atomic mass is 32.1. The molecule has 0 atom stereocenters. The van der Waals surface area contributed by atoms with Crippen molar-refractivity contribution in [3.8, 4) is 0 Å². The molecule has 2 N–H and O–H groups in total. The molecule has 2 aromatic rings. The van der Waals surface area contributed by atoms with Crippen LogP contribution in [-0.4, -0.2) is 28.9 Å². The number of benzene rings is 1. The Morgan fingerprint density at radius 3 is 3.00 bits per heavy atom. The molecule has 4 nitrogen and oxygen atoms in total. The quantitative estimate of drug-likeness (QED) is 0.718. The van der Waals surface area contributed by atoms with Crippen LogP contribution in [0.25, 0.3) is 10.9 Å². The molecule has 17 heavy (non-hydrogen) atoms. The molecular formula is C12H15N3OS. The van der Waals surface area contributed by atoms with Crippen molar-refractivity contribution in [2.45, 2.75) is 6.42 Å². The van der Waals surface area contributed by atoms with Gasteiger partial charge < -0.3 is 10.3 Å². The van der Waals surface area contributed by atoms with E-state index in [0.717, 1.165) is 11.9 Å². The second-order valence-electron chi connectivity index (χ2n) is 3.79. The summed E-state index contributed by atoms with van der Waals surface area (Å²) in [6, 6.07) is 7.93. The van der Waals surface area contributed by atoms with Gasteiger partial charge in [0.25, 0.3) is 0 Å². The van der Waals surface area contributed by atoms with Gasteiger partial charge in [-0.2, -0.15) is 0 Å². The Bertz CT molecular complexity index is 523.